The Morgan fingerprint density at radius 2 is 1.77 bits per heavy atom. The van der Waals surface area contributed by atoms with Gasteiger partial charge in [-0.3, -0.25) is 9.18 Å². The lowest BCUT2D eigenvalue weighted by Gasteiger charge is -2.21. The van der Waals surface area contributed by atoms with Gasteiger partial charge in [-0.15, -0.1) is 0 Å². The minimum atomic E-state index is -0.309. The first-order valence-corrected chi connectivity index (χ1v) is 11.3. The highest BCUT2D eigenvalue weighted by Gasteiger charge is 2.22. The van der Waals surface area contributed by atoms with Crippen LogP contribution in [0.15, 0.2) is 30.3 Å². The van der Waals surface area contributed by atoms with E-state index >= 15 is 0 Å². The lowest BCUT2D eigenvalue weighted by molar-refractivity contribution is -0.130. The van der Waals surface area contributed by atoms with Gasteiger partial charge in [-0.1, -0.05) is 38.1 Å². The van der Waals surface area contributed by atoms with Crippen LogP contribution in [0, 0.1) is 13.8 Å². The molecule has 31 heavy (non-hydrogen) atoms. The zero-order valence-electron chi connectivity index (χ0n) is 19.1. The number of rotatable bonds is 10. The Morgan fingerprint density at radius 1 is 1.10 bits per heavy atom. The summed E-state index contributed by atoms with van der Waals surface area (Å²) in [5.41, 5.74) is 6.35. The number of hydrogen-bond donors (Lipinski definition) is 0. The number of halogens is 1. The maximum absolute atomic E-state index is 13.2. The quantitative estimate of drug-likeness (QED) is 0.455. The van der Waals surface area contributed by atoms with Crippen LogP contribution in [-0.4, -0.2) is 45.2 Å². The third-order valence-corrected chi connectivity index (χ3v) is 5.48. The van der Waals surface area contributed by atoms with Crippen LogP contribution in [0.2, 0.25) is 0 Å². The predicted octanol–water partition coefficient (Wildman–Crippen LogP) is 5.11. The Morgan fingerprint density at radius 3 is 2.39 bits per heavy atom. The normalized spacial score (nSPS) is 11.3. The SMILES string of the molecule is CCCN(CCC)C(=O)Cc1c(-c2ccc(CCCF)cc2)nn2c(C)cc(C)nc12. The van der Waals surface area contributed by atoms with Crippen molar-refractivity contribution in [1.29, 1.82) is 0 Å². The molecule has 0 aliphatic rings. The van der Waals surface area contributed by atoms with E-state index in [0.29, 0.717) is 6.42 Å². The first kappa shape index (κ1) is 22.9. The third-order valence-electron chi connectivity index (χ3n) is 5.48. The molecule has 0 aliphatic heterocycles. The Balaban J connectivity index is 2.04. The van der Waals surface area contributed by atoms with E-state index in [4.69, 9.17) is 10.1 Å². The molecule has 0 fully saturated rings. The fraction of sp³-hybridized carbons (Fsp3) is 0.480. The van der Waals surface area contributed by atoms with E-state index in [1.165, 1.54) is 0 Å². The Labute approximate surface area is 184 Å². The van der Waals surface area contributed by atoms with Crippen LogP contribution < -0.4 is 0 Å². The monoisotopic (exact) mass is 424 g/mol. The van der Waals surface area contributed by atoms with Crippen molar-refractivity contribution in [2.24, 2.45) is 0 Å². The van der Waals surface area contributed by atoms with Gasteiger partial charge in [0.15, 0.2) is 5.65 Å². The molecule has 0 atom stereocenters. The summed E-state index contributed by atoms with van der Waals surface area (Å²) in [5, 5.41) is 4.84. The van der Waals surface area contributed by atoms with Gasteiger partial charge in [0.2, 0.25) is 5.91 Å². The molecule has 5 nitrogen and oxygen atoms in total. The van der Waals surface area contributed by atoms with E-state index in [1.807, 2.05) is 53.6 Å². The zero-order chi connectivity index (χ0) is 22.4. The first-order valence-electron chi connectivity index (χ1n) is 11.3. The second-order valence-electron chi connectivity index (χ2n) is 8.15. The summed E-state index contributed by atoms with van der Waals surface area (Å²) in [4.78, 5) is 19.9. The second-order valence-corrected chi connectivity index (χ2v) is 8.15. The summed E-state index contributed by atoms with van der Waals surface area (Å²) in [6.45, 7) is 9.36. The van der Waals surface area contributed by atoms with Crippen molar-refractivity contribution >= 4 is 11.6 Å². The minimum Gasteiger partial charge on any atom is -0.342 e. The maximum Gasteiger partial charge on any atom is 0.227 e. The molecular weight excluding hydrogens is 391 g/mol. The number of aryl methyl sites for hydroxylation is 3. The number of fused-ring (bicyclic) bond motifs is 1. The van der Waals surface area contributed by atoms with Crippen LogP contribution in [0.3, 0.4) is 0 Å². The van der Waals surface area contributed by atoms with Gasteiger partial charge in [0, 0.05) is 35.6 Å². The highest BCUT2D eigenvalue weighted by molar-refractivity contribution is 5.84. The molecule has 0 saturated heterocycles. The molecule has 2 aromatic heterocycles. The number of benzene rings is 1. The summed E-state index contributed by atoms with van der Waals surface area (Å²) in [6.07, 6.45) is 3.39. The van der Waals surface area contributed by atoms with E-state index < -0.39 is 0 Å². The molecule has 0 radical (unpaired) electrons. The number of aromatic nitrogens is 3. The summed E-state index contributed by atoms with van der Waals surface area (Å²) in [5.74, 6) is 0.111. The molecule has 0 saturated carbocycles. The minimum absolute atomic E-state index is 0.111. The maximum atomic E-state index is 13.2. The fourth-order valence-electron chi connectivity index (χ4n) is 4.02. The average Bonchev–Trinajstić information content (AvgIpc) is 3.11. The zero-order valence-corrected chi connectivity index (χ0v) is 19.1. The van der Waals surface area contributed by atoms with Crippen molar-refractivity contribution < 1.29 is 9.18 Å². The first-order chi connectivity index (χ1) is 15.0. The Hall–Kier alpha value is -2.76. The molecule has 1 amide bonds. The Kier molecular flexibility index (Phi) is 7.77. The number of carbonyl (C=O) groups excluding carboxylic acids is 1. The van der Waals surface area contributed by atoms with Crippen LogP contribution in [0.1, 0.15) is 55.6 Å². The number of alkyl halides is 1. The van der Waals surface area contributed by atoms with Crippen LogP contribution in [-0.2, 0) is 17.6 Å². The largest absolute Gasteiger partial charge is 0.342 e. The van der Waals surface area contributed by atoms with Crippen molar-refractivity contribution in [2.75, 3.05) is 19.8 Å². The van der Waals surface area contributed by atoms with Crippen LogP contribution in [0.5, 0.6) is 0 Å². The van der Waals surface area contributed by atoms with Crippen LogP contribution in [0.25, 0.3) is 16.9 Å². The van der Waals surface area contributed by atoms with Gasteiger partial charge in [0.25, 0.3) is 0 Å². The summed E-state index contributed by atoms with van der Waals surface area (Å²) in [6, 6.07) is 10.1. The van der Waals surface area contributed by atoms with Crippen molar-refractivity contribution in [1.82, 2.24) is 19.5 Å². The summed E-state index contributed by atoms with van der Waals surface area (Å²) in [7, 11) is 0. The molecular formula is C25H33FN4O. The highest BCUT2D eigenvalue weighted by Crippen LogP contribution is 2.28. The van der Waals surface area contributed by atoms with Crippen molar-refractivity contribution in [2.45, 2.75) is 59.8 Å². The van der Waals surface area contributed by atoms with E-state index in [1.54, 1.807) is 0 Å². The van der Waals surface area contributed by atoms with Gasteiger partial charge in [-0.2, -0.15) is 5.10 Å². The molecule has 0 spiro atoms. The second kappa shape index (κ2) is 10.5. The number of amides is 1. The molecule has 3 rings (SSSR count). The smallest absolute Gasteiger partial charge is 0.227 e. The van der Waals surface area contributed by atoms with Crippen molar-refractivity contribution in [3.63, 3.8) is 0 Å². The molecule has 2 heterocycles. The van der Waals surface area contributed by atoms with E-state index in [2.05, 4.69) is 13.8 Å². The Bertz CT molecular complexity index is 1020. The van der Waals surface area contributed by atoms with Crippen molar-refractivity contribution in [3.8, 4) is 11.3 Å². The molecule has 0 aliphatic carbocycles. The van der Waals surface area contributed by atoms with E-state index in [9.17, 15) is 9.18 Å². The molecule has 3 aromatic rings. The molecule has 0 unspecified atom stereocenters. The fourth-order valence-corrected chi connectivity index (χ4v) is 4.02. The van der Waals surface area contributed by atoms with Gasteiger partial charge >= 0.3 is 0 Å². The average molecular weight is 425 g/mol. The number of hydrogen-bond acceptors (Lipinski definition) is 3. The molecule has 166 valence electrons. The van der Waals surface area contributed by atoms with E-state index in [0.717, 1.165) is 71.8 Å². The lowest BCUT2D eigenvalue weighted by atomic mass is 10.0. The van der Waals surface area contributed by atoms with Gasteiger partial charge in [0.05, 0.1) is 18.8 Å². The summed E-state index contributed by atoms with van der Waals surface area (Å²) < 4.78 is 14.3. The topological polar surface area (TPSA) is 50.5 Å². The number of nitrogens with zero attached hydrogens (tertiary/aromatic N) is 4. The van der Waals surface area contributed by atoms with Crippen LogP contribution >= 0.6 is 0 Å². The van der Waals surface area contributed by atoms with Gasteiger partial charge < -0.3 is 4.90 Å². The molecule has 0 bridgehead atoms. The van der Waals surface area contributed by atoms with Gasteiger partial charge in [0.1, 0.15) is 0 Å². The molecule has 6 heteroatoms. The third kappa shape index (κ3) is 5.30. The van der Waals surface area contributed by atoms with Gasteiger partial charge in [-0.25, -0.2) is 9.50 Å². The highest BCUT2D eigenvalue weighted by atomic mass is 19.1. The van der Waals surface area contributed by atoms with Gasteiger partial charge in [-0.05, 0) is 51.2 Å². The van der Waals surface area contributed by atoms with Crippen molar-refractivity contribution in [3.05, 3.63) is 52.8 Å². The van der Waals surface area contributed by atoms with Crippen LogP contribution in [0.4, 0.5) is 4.39 Å². The standard InChI is InChI=1S/C25H33FN4O/c1-5-14-29(15-6-2)23(31)17-22-24(21-11-9-20(10-12-21)8-7-13-26)28-30-19(4)16-18(3)27-25(22)30/h9-12,16H,5-8,13-15,17H2,1-4H3. The van der Waals surface area contributed by atoms with E-state index in [-0.39, 0.29) is 19.0 Å². The summed E-state index contributed by atoms with van der Waals surface area (Å²) >= 11 is 0. The lowest BCUT2D eigenvalue weighted by Crippen LogP contribution is -2.33. The number of carbonyl (C=O) groups is 1. The predicted molar refractivity (Wildman–Crippen MR) is 123 cm³/mol. The molecule has 1 aromatic carbocycles. The molecule has 0 N–H and O–H groups in total.